The minimum absolute atomic E-state index is 0.0194. The summed E-state index contributed by atoms with van der Waals surface area (Å²) in [7, 11) is 0. The van der Waals surface area contributed by atoms with E-state index in [2.05, 4.69) is 12.2 Å². The maximum atomic E-state index is 12.6. The van der Waals surface area contributed by atoms with E-state index in [0.717, 1.165) is 30.0 Å². The van der Waals surface area contributed by atoms with Crippen LogP contribution in [0.25, 0.3) is 0 Å². The lowest BCUT2D eigenvalue weighted by molar-refractivity contribution is -0.138. The first kappa shape index (κ1) is 13.9. The third kappa shape index (κ3) is 2.99. The molecule has 1 N–H and O–H groups in total. The largest absolute Gasteiger partial charge is 0.335 e. The number of benzene rings is 1. The Hall–Kier alpha value is -1.06. The van der Waals surface area contributed by atoms with Crippen molar-refractivity contribution < 1.29 is 4.79 Å². The highest BCUT2D eigenvalue weighted by Crippen LogP contribution is 2.28. The maximum absolute atomic E-state index is 12.6. The molecule has 0 aromatic heterocycles. The van der Waals surface area contributed by atoms with Crippen molar-refractivity contribution in [1.29, 1.82) is 0 Å². The van der Waals surface area contributed by atoms with Gasteiger partial charge in [0.2, 0.25) is 5.91 Å². The lowest BCUT2D eigenvalue weighted by Gasteiger charge is -2.37. The molecule has 108 valence electrons. The quantitative estimate of drug-likeness (QED) is 0.924. The first-order valence-electron chi connectivity index (χ1n) is 7.47. The van der Waals surface area contributed by atoms with Gasteiger partial charge in [0.05, 0.1) is 12.1 Å². The minimum Gasteiger partial charge on any atom is -0.335 e. The standard InChI is InChI=1S/C16H21ClN2O/c1-11(12-4-6-13(17)7-5-12)19-10-2-3-15(16(19)20)18-14-8-9-14/h4-7,11,14-15,18H,2-3,8-10H2,1H3. The molecule has 1 aliphatic heterocycles. The summed E-state index contributed by atoms with van der Waals surface area (Å²) in [6.07, 6.45) is 4.49. The molecule has 2 unspecified atom stereocenters. The van der Waals surface area contributed by atoms with Gasteiger partial charge in [-0.15, -0.1) is 0 Å². The maximum Gasteiger partial charge on any atom is 0.240 e. The van der Waals surface area contributed by atoms with E-state index in [0.29, 0.717) is 6.04 Å². The Labute approximate surface area is 125 Å². The molecular weight excluding hydrogens is 272 g/mol. The zero-order valence-corrected chi connectivity index (χ0v) is 12.6. The number of carbonyl (C=O) groups excluding carboxylic acids is 1. The van der Waals surface area contributed by atoms with E-state index in [4.69, 9.17) is 11.6 Å². The first-order valence-corrected chi connectivity index (χ1v) is 7.85. The Morgan fingerprint density at radius 3 is 2.60 bits per heavy atom. The molecule has 2 atom stereocenters. The van der Waals surface area contributed by atoms with Crippen LogP contribution in [-0.4, -0.2) is 29.4 Å². The van der Waals surface area contributed by atoms with Crippen molar-refractivity contribution in [1.82, 2.24) is 10.2 Å². The Balaban J connectivity index is 1.70. The van der Waals surface area contributed by atoms with E-state index in [1.165, 1.54) is 12.8 Å². The van der Waals surface area contributed by atoms with Crippen LogP contribution in [0.2, 0.25) is 5.02 Å². The van der Waals surface area contributed by atoms with Crippen molar-refractivity contribution in [3.8, 4) is 0 Å². The topological polar surface area (TPSA) is 32.3 Å². The normalized spacial score (nSPS) is 24.8. The molecule has 0 spiro atoms. The summed E-state index contributed by atoms with van der Waals surface area (Å²) in [6.45, 7) is 2.95. The Morgan fingerprint density at radius 2 is 1.95 bits per heavy atom. The zero-order chi connectivity index (χ0) is 14.1. The molecule has 1 saturated carbocycles. The van der Waals surface area contributed by atoms with Crippen LogP contribution in [0.1, 0.15) is 44.2 Å². The number of rotatable bonds is 4. The van der Waals surface area contributed by atoms with Crippen LogP contribution in [0.3, 0.4) is 0 Å². The molecule has 1 saturated heterocycles. The van der Waals surface area contributed by atoms with Gasteiger partial charge in [-0.2, -0.15) is 0 Å². The van der Waals surface area contributed by atoms with Gasteiger partial charge in [-0.3, -0.25) is 4.79 Å². The van der Waals surface area contributed by atoms with Crippen molar-refractivity contribution in [2.75, 3.05) is 6.54 Å². The fourth-order valence-corrected chi connectivity index (χ4v) is 3.02. The second-order valence-electron chi connectivity index (χ2n) is 5.89. The smallest absolute Gasteiger partial charge is 0.240 e. The molecule has 3 rings (SSSR count). The first-order chi connectivity index (χ1) is 9.65. The molecule has 2 fully saturated rings. The van der Waals surface area contributed by atoms with E-state index in [1.807, 2.05) is 29.2 Å². The molecule has 20 heavy (non-hydrogen) atoms. The second kappa shape index (κ2) is 5.74. The van der Waals surface area contributed by atoms with E-state index in [1.54, 1.807) is 0 Å². The number of halogens is 1. The van der Waals surface area contributed by atoms with Crippen molar-refractivity contribution in [3.63, 3.8) is 0 Å². The van der Waals surface area contributed by atoms with Gasteiger partial charge in [-0.25, -0.2) is 0 Å². The van der Waals surface area contributed by atoms with E-state index < -0.39 is 0 Å². The number of nitrogens with one attached hydrogen (secondary N) is 1. The van der Waals surface area contributed by atoms with Gasteiger partial charge in [-0.1, -0.05) is 23.7 Å². The predicted octanol–water partition coefficient (Wildman–Crippen LogP) is 3.14. The Bertz CT molecular complexity index is 484. The highest BCUT2D eigenvalue weighted by atomic mass is 35.5. The van der Waals surface area contributed by atoms with Crippen LogP contribution in [0.15, 0.2) is 24.3 Å². The number of amides is 1. The van der Waals surface area contributed by atoms with E-state index >= 15 is 0 Å². The summed E-state index contributed by atoms with van der Waals surface area (Å²) in [5, 5.41) is 4.21. The number of likely N-dealkylation sites (tertiary alicyclic amines) is 1. The zero-order valence-electron chi connectivity index (χ0n) is 11.8. The average molecular weight is 293 g/mol. The molecular formula is C16H21ClN2O. The summed E-state index contributed by atoms with van der Waals surface area (Å²) < 4.78 is 0. The van der Waals surface area contributed by atoms with Crippen molar-refractivity contribution >= 4 is 17.5 Å². The van der Waals surface area contributed by atoms with Crippen molar-refractivity contribution in [2.45, 2.75) is 50.7 Å². The molecule has 4 heteroatoms. The predicted molar refractivity (Wildman–Crippen MR) is 80.8 cm³/mol. The number of hydrogen-bond donors (Lipinski definition) is 1. The average Bonchev–Trinajstić information content (AvgIpc) is 3.25. The van der Waals surface area contributed by atoms with Crippen molar-refractivity contribution in [2.24, 2.45) is 0 Å². The fourth-order valence-electron chi connectivity index (χ4n) is 2.89. The number of piperidine rings is 1. The van der Waals surface area contributed by atoms with Gasteiger partial charge < -0.3 is 10.2 Å². The lowest BCUT2D eigenvalue weighted by atomic mass is 9.99. The monoisotopic (exact) mass is 292 g/mol. The SMILES string of the molecule is CC(c1ccc(Cl)cc1)N1CCCC(NC2CC2)C1=O. The molecule has 0 radical (unpaired) electrons. The summed E-state index contributed by atoms with van der Waals surface area (Å²) in [5.41, 5.74) is 1.15. The number of carbonyl (C=O) groups is 1. The summed E-state index contributed by atoms with van der Waals surface area (Å²) in [5.74, 6) is 0.255. The van der Waals surface area contributed by atoms with Crippen LogP contribution in [-0.2, 0) is 4.79 Å². The van der Waals surface area contributed by atoms with Gasteiger partial charge >= 0.3 is 0 Å². The van der Waals surface area contributed by atoms with Crippen LogP contribution in [0, 0.1) is 0 Å². The Morgan fingerprint density at radius 1 is 1.25 bits per heavy atom. The molecule has 1 amide bonds. The molecule has 3 nitrogen and oxygen atoms in total. The molecule has 1 heterocycles. The van der Waals surface area contributed by atoms with Gasteiger partial charge in [0.25, 0.3) is 0 Å². The number of hydrogen-bond acceptors (Lipinski definition) is 2. The highest BCUT2D eigenvalue weighted by Gasteiger charge is 2.35. The highest BCUT2D eigenvalue weighted by molar-refractivity contribution is 6.30. The van der Waals surface area contributed by atoms with E-state index in [-0.39, 0.29) is 18.0 Å². The van der Waals surface area contributed by atoms with Gasteiger partial charge in [0.15, 0.2) is 0 Å². The Kier molecular flexibility index (Phi) is 3.99. The van der Waals surface area contributed by atoms with Crippen LogP contribution < -0.4 is 5.32 Å². The fraction of sp³-hybridized carbons (Fsp3) is 0.562. The third-order valence-corrected chi connectivity index (χ3v) is 4.56. The van der Waals surface area contributed by atoms with Crippen molar-refractivity contribution in [3.05, 3.63) is 34.9 Å². The van der Waals surface area contributed by atoms with Gasteiger partial charge in [-0.05, 0) is 50.3 Å². The second-order valence-corrected chi connectivity index (χ2v) is 6.33. The minimum atomic E-state index is 0.0194. The summed E-state index contributed by atoms with van der Waals surface area (Å²) in [4.78, 5) is 14.6. The number of nitrogens with zero attached hydrogens (tertiary/aromatic N) is 1. The van der Waals surface area contributed by atoms with Crippen LogP contribution >= 0.6 is 11.6 Å². The summed E-state index contributed by atoms with van der Waals surface area (Å²) >= 11 is 5.93. The van der Waals surface area contributed by atoms with Crippen LogP contribution in [0.5, 0.6) is 0 Å². The molecule has 1 aromatic carbocycles. The van der Waals surface area contributed by atoms with Gasteiger partial charge in [0, 0.05) is 17.6 Å². The van der Waals surface area contributed by atoms with Gasteiger partial charge in [0.1, 0.15) is 0 Å². The van der Waals surface area contributed by atoms with Crippen LogP contribution in [0.4, 0.5) is 0 Å². The third-order valence-electron chi connectivity index (χ3n) is 4.31. The summed E-state index contributed by atoms with van der Waals surface area (Å²) in [6, 6.07) is 8.52. The lowest BCUT2D eigenvalue weighted by Crippen LogP contribution is -2.51. The molecule has 1 aliphatic carbocycles. The molecule has 1 aromatic rings. The molecule has 2 aliphatic rings. The van der Waals surface area contributed by atoms with E-state index in [9.17, 15) is 4.79 Å². The molecule has 0 bridgehead atoms.